The minimum absolute atomic E-state index is 0.00105. The Morgan fingerprint density at radius 1 is 0.941 bits per heavy atom. The maximum atomic E-state index is 13.3. The number of nitrogens with zero attached hydrogens (tertiary/aromatic N) is 3. The van der Waals surface area contributed by atoms with Crippen LogP contribution in [0.5, 0.6) is 0 Å². The van der Waals surface area contributed by atoms with E-state index in [1.807, 2.05) is 82.5 Å². The number of hydrogen-bond acceptors (Lipinski definition) is 3. The van der Waals surface area contributed by atoms with Crippen LogP contribution >= 0.6 is 0 Å². The molecule has 1 aromatic heterocycles. The van der Waals surface area contributed by atoms with Crippen molar-refractivity contribution in [3.05, 3.63) is 102 Å². The molecule has 3 aromatic carbocycles. The fourth-order valence-electron chi connectivity index (χ4n) is 4.74. The van der Waals surface area contributed by atoms with Crippen molar-refractivity contribution in [1.29, 1.82) is 0 Å². The van der Waals surface area contributed by atoms with Crippen LogP contribution in [-0.4, -0.2) is 39.6 Å². The fourth-order valence-corrected chi connectivity index (χ4v) is 4.74. The molecule has 172 valence electrons. The van der Waals surface area contributed by atoms with Crippen LogP contribution in [0.1, 0.15) is 34.3 Å². The topological polar surface area (TPSA) is 67.2 Å². The van der Waals surface area contributed by atoms with Gasteiger partial charge in [-0.25, -0.2) is 0 Å². The van der Waals surface area contributed by atoms with Gasteiger partial charge in [-0.1, -0.05) is 60.7 Å². The van der Waals surface area contributed by atoms with Crippen LogP contribution in [0.4, 0.5) is 0 Å². The lowest BCUT2D eigenvalue weighted by atomic mass is 9.95. The highest BCUT2D eigenvalue weighted by molar-refractivity contribution is 6.07. The molecule has 0 aliphatic carbocycles. The van der Waals surface area contributed by atoms with Gasteiger partial charge in [0.1, 0.15) is 0 Å². The van der Waals surface area contributed by atoms with Crippen LogP contribution in [0, 0.1) is 5.92 Å². The number of piperidine rings is 1. The van der Waals surface area contributed by atoms with E-state index in [4.69, 9.17) is 0 Å². The second-order valence-electron chi connectivity index (χ2n) is 8.81. The lowest BCUT2D eigenvalue weighted by Gasteiger charge is -2.32. The second-order valence-corrected chi connectivity index (χ2v) is 8.81. The number of carbonyl (C=O) groups excluding carboxylic acids is 2. The zero-order chi connectivity index (χ0) is 23.3. The van der Waals surface area contributed by atoms with Gasteiger partial charge >= 0.3 is 0 Å². The third kappa shape index (κ3) is 4.71. The van der Waals surface area contributed by atoms with Gasteiger partial charge in [0.2, 0.25) is 5.91 Å². The fraction of sp³-hybridized carbons (Fsp3) is 0.250. The zero-order valence-corrected chi connectivity index (χ0v) is 19.1. The standard InChI is InChI=1S/C28H28N4O2/c33-27(29-18-22-9-1-2-10-23(22)20-32-17-7-15-30-32)24-12-6-16-31(19-24)28(34)26-14-5-11-21-8-3-4-13-25(21)26/h1-5,7-11,13-15,17,24H,6,12,16,18-20H2,(H,29,33)/t24-/m1/s1. The molecule has 2 heterocycles. The van der Waals surface area contributed by atoms with Crippen molar-refractivity contribution in [2.24, 2.45) is 5.92 Å². The molecule has 0 spiro atoms. The van der Waals surface area contributed by atoms with E-state index < -0.39 is 0 Å². The molecule has 1 aliphatic heterocycles. The number of amides is 2. The van der Waals surface area contributed by atoms with Gasteiger partial charge in [-0.2, -0.15) is 5.10 Å². The van der Waals surface area contributed by atoms with E-state index in [1.165, 1.54) is 0 Å². The smallest absolute Gasteiger partial charge is 0.254 e. The van der Waals surface area contributed by atoms with Crippen molar-refractivity contribution >= 4 is 22.6 Å². The summed E-state index contributed by atoms with van der Waals surface area (Å²) in [5.41, 5.74) is 2.90. The first-order chi connectivity index (χ1) is 16.7. The molecule has 0 saturated carbocycles. The van der Waals surface area contributed by atoms with Gasteiger partial charge in [0.05, 0.1) is 12.5 Å². The van der Waals surface area contributed by atoms with Crippen molar-refractivity contribution in [2.75, 3.05) is 13.1 Å². The van der Waals surface area contributed by atoms with Crippen molar-refractivity contribution in [3.8, 4) is 0 Å². The number of fused-ring (bicyclic) bond motifs is 1. The molecule has 1 atom stereocenters. The molecular weight excluding hydrogens is 424 g/mol. The van der Waals surface area contributed by atoms with E-state index >= 15 is 0 Å². The minimum atomic E-state index is -0.203. The van der Waals surface area contributed by atoms with E-state index in [0.29, 0.717) is 31.7 Å². The number of carbonyl (C=O) groups is 2. The Balaban J connectivity index is 1.24. The average molecular weight is 453 g/mol. The van der Waals surface area contributed by atoms with Crippen molar-refractivity contribution in [1.82, 2.24) is 20.0 Å². The summed E-state index contributed by atoms with van der Waals surface area (Å²) in [6, 6.07) is 23.7. The zero-order valence-electron chi connectivity index (χ0n) is 19.1. The SMILES string of the molecule is O=C(NCc1ccccc1Cn1cccn1)[C@@H]1CCCN(C(=O)c2cccc3ccccc23)C1. The Hall–Kier alpha value is -3.93. The van der Waals surface area contributed by atoms with Crippen LogP contribution in [0.3, 0.4) is 0 Å². The monoisotopic (exact) mass is 452 g/mol. The van der Waals surface area contributed by atoms with Crippen LogP contribution < -0.4 is 5.32 Å². The lowest BCUT2D eigenvalue weighted by molar-refractivity contribution is -0.126. The van der Waals surface area contributed by atoms with Crippen molar-refractivity contribution < 1.29 is 9.59 Å². The summed E-state index contributed by atoms with van der Waals surface area (Å²) in [7, 11) is 0. The van der Waals surface area contributed by atoms with Gasteiger partial charge in [-0.05, 0) is 46.9 Å². The number of aromatic nitrogens is 2. The molecule has 5 rings (SSSR count). The van der Waals surface area contributed by atoms with Crippen LogP contribution in [0.25, 0.3) is 10.8 Å². The molecule has 1 N–H and O–H groups in total. The Labute approximate surface area is 199 Å². The number of likely N-dealkylation sites (tertiary alicyclic amines) is 1. The molecule has 0 unspecified atom stereocenters. The molecule has 6 nitrogen and oxygen atoms in total. The summed E-state index contributed by atoms with van der Waals surface area (Å²) < 4.78 is 1.87. The number of nitrogens with one attached hydrogen (secondary N) is 1. The Morgan fingerprint density at radius 2 is 1.74 bits per heavy atom. The van der Waals surface area contributed by atoms with Gasteiger partial charge in [0.25, 0.3) is 5.91 Å². The van der Waals surface area contributed by atoms with E-state index in [2.05, 4.69) is 16.5 Å². The summed E-state index contributed by atoms with van der Waals surface area (Å²) in [6.45, 7) is 2.25. The highest BCUT2D eigenvalue weighted by Crippen LogP contribution is 2.24. The first-order valence-electron chi connectivity index (χ1n) is 11.8. The number of benzene rings is 3. The third-order valence-corrected chi connectivity index (χ3v) is 6.56. The van der Waals surface area contributed by atoms with Crippen molar-refractivity contribution in [2.45, 2.75) is 25.9 Å². The quantitative estimate of drug-likeness (QED) is 0.476. The minimum Gasteiger partial charge on any atom is -0.352 e. The Kier molecular flexibility index (Phi) is 6.38. The molecule has 1 aliphatic rings. The predicted octanol–water partition coefficient (Wildman–Crippen LogP) is 4.25. The van der Waals surface area contributed by atoms with Crippen LogP contribution in [0.15, 0.2) is 85.2 Å². The predicted molar refractivity (Wildman–Crippen MR) is 132 cm³/mol. The first-order valence-corrected chi connectivity index (χ1v) is 11.8. The lowest BCUT2D eigenvalue weighted by Crippen LogP contribution is -2.45. The van der Waals surface area contributed by atoms with E-state index in [-0.39, 0.29) is 17.7 Å². The average Bonchev–Trinajstić information content (AvgIpc) is 3.40. The molecule has 0 bridgehead atoms. The first kappa shape index (κ1) is 21.9. The van der Waals surface area contributed by atoms with Gasteiger partial charge in [-0.3, -0.25) is 14.3 Å². The molecule has 6 heteroatoms. The van der Waals surface area contributed by atoms with Gasteiger partial charge in [-0.15, -0.1) is 0 Å². The maximum Gasteiger partial charge on any atom is 0.254 e. The molecule has 2 amide bonds. The summed E-state index contributed by atoms with van der Waals surface area (Å²) in [6.07, 6.45) is 5.31. The Bertz CT molecular complexity index is 1290. The highest BCUT2D eigenvalue weighted by Gasteiger charge is 2.29. The summed E-state index contributed by atoms with van der Waals surface area (Å²) in [5, 5.41) is 9.40. The largest absolute Gasteiger partial charge is 0.352 e. The maximum absolute atomic E-state index is 13.3. The van der Waals surface area contributed by atoms with Gasteiger partial charge in [0, 0.05) is 37.6 Å². The highest BCUT2D eigenvalue weighted by atomic mass is 16.2. The van der Waals surface area contributed by atoms with Crippen LogP contribution in [0.2, 0.25) is 0 Å². The summed E-state index contributed by atoms with van der Waals surface area (Å²) in [4.78, 5) is 28.2. The van der Waals surface area contributed by atoms with Gasteiger partial charge in [0.15, 0.2) is 0 Å². The molecule has 0 radical (unpaired) electrons. The summed E-state index contributed by atoms with van der Waals surface area (Å²) in [5.74, 6) is -0.200. The Morgan fingerprint density at radius 3 is 2.59 bits per heavy atom. The molecular formula is C28H28N4O2. The van der Waals surface area contributed by atoms with E-state index in [9.17, 15) is 9.59 Å². The van der Waals surface area contributed by atoms with Crippen molar-refractivity contribution in [3.63, 3.8) is 0 Å². The molecule has 1 saturated heterocycles. The second kappa shape index (κ2) is 9.91. The number of rotatable bonds is 6. The molecule has 1 fully saturated rings. The molecule has 34 heavy (non-hydrogen) atoms. The van der Waals surface area contributed by atoms with E-state index in [0.717, 1.165) is 34.7 Å². The molecule has 4 aromatic rings. The van der Waals surface area contributed by atoms with E-state index in [1.54, 1.807) is 6.20 Å². The van der Waals surface area contributed by atoms with Gasteiger partial charge < -0.3 is 10.2 Å². The number of hydrogen-bond donors (Lipinski definition) is 1. The van der Waals surface area contributed by atoms with Crippen LogP contribution in [-0.2, 0) is 17.9 Å². The summed E-state index contributed by atoms with van der Waals surface area (Å²) >= 11 is 0. The normalized spacial score (nSPS) is 15.9. The third-order valence-electron chi connectivity index (χ3n) is 6.56.